The number of phenolic OH excluding ortho intramolecular Hbond substituents is 1. The summed E-state index contributed by atoms with van der Waals surface area (Å²) in [5, 5.41) is 12.6. The fourth-order valence-electron chi connectivity index (χ4n) is 2.32. The summed E-state index contributed by atoms with van der Waals surface area (Å²) in [5.74, 6) is 0.452. The third kappa shape index (κ3) is 14.2. The molecule has 0 aliphatic rings. The predicted molar refractivity (Wildman–Crippen MR) is 101 cm³/mol. The van der Waals surface area contributed by atoms with Crippen molar-refractivity contribution in [3.05, 3.63) is 29.8 Å². The van der Waals surface area contributed by atoms with E-state index in [4.69, 9.17) is 11.5 Å². The molecule has 0 saturated heterocycles. The van der Waals surface area contributed by atoms with E-state index in [0.717, 1.165) is 25.1 Å². The van der Waals surface area contributed by atoms with Crippen molar-refractivity contribution in [2.24, 2.45) is 11.5 Å². The van der Waals surface area contributed by atoms with Gasteiger partial charge in [-0.1, -0.05) is 63.6 Å². The summed E-state index contributed by atoms with van der Waals surface area (Å²) in [6, 6.07) is 7.67. The molecular weight excluding hydrogens is 286 g/mol. The summed E-state index contributed by atoms with van der Waals surface area (Å²) in [4.78, 5) is 0. The summed E-state index contributed by atoms with van der Waals surface area (Å²) in [6.45, 7) is 5.38. The van der Waals surface area contributed by atoms with Crippen molar-refractivity contribution in [2.45, 2.75) is 58.3 Å². The maximum atomic E-state index is 9.58. The van der Waals surface area contributed by atoms with Crippen LogP contribution in [-0.2, 0) is 6.42 Å². The van der Waals surface area contributed by atoms with E-state index in [0.29, 0.717) is 18.8 Å². The number of hydrogen-bond acceptors (Lipinski definition) is 4. The van der Waals surface area contributed by atoms with E-state index in [1.54, 1.807) is 6.07 Å². The molecule has 0 aliphatic heterocycles. The minimum absolute atomic E-state index is 0.452. The molecule has 0 spiro atoms. The smallest absolute Gasteiger partial charge is 0.118 e. The highest BCUT2D eigenvalue weighted by atomic mass is 16.3. The lowest BCUT2D eigenvalue weighted by Gasteiger charge is -2.04. The number of para-hydroxylation sites is 1. The molecule has 0 amide bonds. The Morgan fingerprint density at radius 2 is 1.43 bits per heavy atom. The number of nitrogens with one attached hydrogen (secondary N) is 1. The van der Waals surface area contributed by atoms with E-state index in [9.17, 15) is 5.11 Å². The van der Waals surface area contributed by atoms with Gasteiger partial charge in [0.05, 0.1) is 0 Å². The Morgan fingerprint density at radius 3 is 2.00 bits per heavy atom. The zero-order valence-corrected chi connectivity index (χ0v) is 14.9. The lowest BCUT2D eigenvalue weighted by Crippen LogP contribution is -2.27. The molecule has 0 fully saturated rings. The number of benzene rings is 1. The maximum Gasteiger partial charge on any atom is 0.118 e. The van der Waals surface area contributed by atoms with Crippen molar-refractivity contribution >= 4 is 0 Å². The molecule has 1 rings (SSSR count). The van der Waals surface area contributed by atoms with Gasteiger partial charge in [-0.3, -0.25) is 0 Å². The van der Waals surface area contributed by atoms with E-state index in [-0.39, 0.29) is 0 Å². The number of rotatable bonds is 12. The van der Waals surface area contributed by atoms with Crippen LogP contribution in [0.15, 0.2) is 24.3 Å². The predicted octanol–water partition coefficient (Wildman–Crippen LogP) is 3.18. The number of nitrogens with two attached hydrogens (primary N) is 2. The molecule has 0 bridgehead atoms. The number of phenols is 1. The molecule has 1 aromatic carbocycles. The molecule has 1 aromatic rings. The molecular formula is C19H37N3O. The van der Waals surface area contributed by atoms with Crippen LogP contribution in [0, 0.1) is 0 Å². The van der Waals surface area contributed by atoms with E-state index in [2.05, 4.69) is 12.2 Å². The van der Waals surface area contributed by atoms with Crippen LogP contribution in [-0.4, -0.2) is 31.3 Å². The monoisotopic (exact) mass is 323 g/mol. The summed E-state index contributed by atoms with van der Waals surface area (Å²) in [7, 11) is 0. The molecule has 0 atom stereocenters. The Hall–Kier alpha value is -1.10. The van der Waals surface area contributed by atoms with Crippen molar-refractivity contribution in [3.63, 3.8) is 0 Å². The third-order valence-corrected chi connectivity index (χ3v) is 3.68. The number of hydrogen-bond donors (Lipinski definition) is 4. The highest BCUT2D eigenvalue weighted by molar-refractivity contribution is 5.31. The first-order valence-electron chi connectivity index (χ1n) is 9.14. The molecule has 4 heteroatoms. The quantitative estimate of drug-likeness (QED) is 0.445. The maximum absolute atomic E-state index is 9.58. The zero-order chi connectivity index (χ0) is 17.2. The highest BCUT2D eigenvalue weighted by Gasteiger charge is 1.98. The first-order valence-corrected chi connectivity index (χ1v) is 9.14. The van der Waals surface area contributed by atoms with Crippen LogP contribution in [0.25, 0.3) is 0 Å². The molecule has 134 valence electrons. The summed E-state index contributed by atoms with van der Waals surface area (Å²) in [6.07, 6.45) is 10.3. The van der Waals surface area contributed by atoms with Gasteiger partial charge in [-0.2, -0.15) is 0 Å². The molecule has 0 saturated carbocycles. The van der Waals surface area contributed by atoms with Gasteiger partial charge in [-0.25, -0.2) is 0 Å². The van der Waals surface area contributed by atoms with Gasteiger partial charge < -0.3 is 21.9 Å². The lowest BCUT2D eigenvalue weighted by molar-refractivity contribution is 0.466. The van der Waals surface area contributed by atoms with Crippen LogP contribution in [0.1, 0.15) is 57.4 Å². The van der Waals surface area contributed by atoms with E-state index >= 15 is 0 Å². The van der Waals surface area contributed by atoms with Gasteiger partial charge in [0, 0.05) is 26.2 Å². The molecule has 0 unspecified atom stereocenters. The normalized spacial score (nSPS) is 10.2. The summed E-state index contributed by atoms with van der Waals surface area (Å²) >= 11 is 0. The molecule has 6 N–H and O–H groups in total. The van der Waals surface area contributed by atoms with Crippen LogP contribution in [0.4, 0.5) is 0 Å². The van der Waals surface area contributed by atoms with Crippen LogP contribution < -0.4 is 16.8 Å². The van der Waals surface area contributed by atoms with Crippen LogP contribution in [0.5, 0.6) is 5.75 Å². The lowest BCUT2D eigenvalue weighted by atomic mass is 10.0. The highest BCUT2D eigenvalue weighted by Crippen LogP contribution is 2.18. The Labute approximate surface area is 142 Å². The van der Waals surface area contributed by atoms with E-state index in [1.807, 2.05) is 18.2 Å². The molecule has 23 heavy (non-hydrogen) atoms. The minimum Gasteiger partial charge on any atom is -0.508 e. The first kappa shape index (κ1) is 21.9. The minimum atomic E-state index is 0.452. The zero-order valence-electron chi connectivity index (χ0n) is 14.9. The average Bonchev–Trinajstić information content (AvgIpc) is 2.57. The number of unbranched alkanes of at least 4 members (excludes halogenated alkanes) is 6. The fourth-order valence-corrected chi connectivity index (χ4v) is 2.32. The summed E-state index contributed by atoms with van der Waals surface area (Å²) < 4.78 is 0. The topological polar surface area (TPSA) is 84.3 Å². The second-order valence-electron chi connectivity index (χ2n) is 5.83. The second kappa shape index (κ2) is 17.3. The standard InChI is InChI=1S/C15H24O.C4H13N3/c1-2-3-4-5-6-7-8-11-14-12-9-10-13-15(14)16;5-1-3-7-4-2-6/h9-10,12-13,16H,2-8,11H2,1H3;7H,1-6H2. The Morgan fingerprint density at radius 1 is 0.870 bits per heavy atom. The average molecular weight is 324 g/mol. The third-order valence-electron chi connectivity index (χ3n) is 3.68. The molecule has 0 heterocycles. The van der Waals surface area contributed by atoms with Gasteiger partial charge in [0.25, 0.3) is 0 Å². The van der Waals surface area contributed by atoms with Gasteiger partial charge in [0.15, 0.2) is 0 Å². The first-order chi connectivity index (χ1) is 11.3. The fraction of sp³-hybridized carbons (Fsp3) is 0.684. The largest absolute Gasteiger partial charge is 0.508 e. The van der Waals surface area contributed by atoms with Crippen molar-refractivity contribution in [1.82, 2.24) is 5.32 Å². The van der Waals surface area contributed by atoms with Crippen molar-refractivity contribution in [2.75, 3.05) is 26.2 Å². The molecule has 0 aliphatic carbocycles. The molecule has 4 nitrogen and oxygen atoms in total. The van der Waals surface area contributed by atoms with Crippen molar-refractivity contribution in [1.29, 1.82) is 0 Å². The van der Waals surface area contributed by atoms with Crippen molar-refractivity contribution < 1.29 is 5.11 Å². The van der Waals surface area contributed by atoms with Crippen LogP contribution >= 0.6 is 0 Å². The van der Waals surface area contributed by atoms with Gasteiger partial charge >= 0.3 is 0 Å². The Kier molecular flexibility index (Phi) is 16.4. The SMILES string of the molecule is CCCCCCCCCc1ccccc1O.NCCNCCN. The van der Waals surface area contributed by atoms with Gasteiger partial charge in [0.1, 0.15) is 5.75 Å². The molecule has 0 radical (unpaired) electrons. The van der Waals surface area contributed by atoms with Gasteiger partial charge in [-0.05, 0) is 24.5 Å². The molecule has 0 aromatic heterocycles. The van der Waals surface area contributed by atoms with Crippen molar-refractivity contribution in [3.8, 4) is 5.75 Å². The second-order valence-corrected chi connectivity index (χ2v) is 5.83. The van der Waals surface area contributed by atoms with Crippen LogP contribution in [0.3, 0.4) is 0 Å². The summed E-state index contributed by atoms with van der Waals surface area (Å²) in [5.41, 5.74) is 11.4. The van der Waals surface area contributed by atoms with Crippen LogP contribution in [0.2, 0.25) is 0 Å². The Balaban J connectivity index is 0.000000585. The number of aryl methyl sites for hydroxylation is 1. The van der Waals surface area contributed by atoms with Gasteiger partial charge in [-0.15, -0.1) is 0 Å². The van der Waals surface area contributed by atoms with E-state index < -0.39 is 0 Å². The van der Waals surface area contributed by atoms with E-state index in [1.165, 1.54) is 44.9 Å². The Bertz CT molecular complexity index is 354. The van der Waals surface area contributed by atoms with Gasteiger partial charge in [0.2, 0.25) is 0 Å². The number of aromatic hydroxyl groups is 1.